The molecule has 1 amide bonds. The molecule has 1 aromatic heterocycles. The minimum Gasteiger partial charge on any atom is -0.493 e. The van der Waals surface area contributed by atoms with Gasteiger partial charge in [-0.3, -0.25) is 4.79 Å². The van der Waals surface area contributed by atoms with Crippen LogP contribution in [-0.4, -0.2) is 22.3 Å². The molecule has 0 aliphatic heterocycles. The van der Waals surface area contributed by atoms with E-state index in [2.05, 4.69) is 26.3 Å². The Bertz CT molecular complexity index is 833. The summed E-state index contributed by atoms with van der Waals surface area (Å²) in [5, 5.41) is 7.15. The number of ether oxygens (including phenoxy) is 1. The molecule has 3 rings (SSSR count). The number of carbonyl (C=O) groups is 1. The van der Waals surface area contributed by atoms with Crippen LogP contribution in [-0.2, 0) is 11.3 Å². The van der Waals surface area contributed by atoms with Crippen LogP contribution in [0.15, 0.2) is 71.3 Å². The highest BCUT2D eigenvalue weighted by Crippen LogP contribution is 2.18. The van der Waals surface area contributed by atoms with E-state index >= 15 is 0 Å². The van der Waals surface area contributed by atoms with Gasteiger partial charge in [-0.2, -0.15) is 5.10 Å². The molecule has 1 heterocycles. The van der Waals surface area contributed by atoms with Gasteiger partial charge in [-0.15, -0.1) is 0 Å². The molecule has 0 saturated carbocycles. The van der Waals surface area contributed by atoms with Gasteiger partial charge in [0.05, 0.1) is 25.8 Å². The number of hydrogen-bond donors (Lipinski definition) is 1. The van der Waals surface area contributed by atoms with Gasteiger partial charge in [0.15, 0.2) is 0 Å². The van der Waals surface area contributed by atoms with E-state index in [0.29, 0.717) is 19.0 Å². The molecule has 25 heavy (non-hydrogen) atoms. The number of halogens is 1. The summed E-state index contributed by atoms with van der Waals surface area (Å²) in [6.07, 6.45) is 1.94. The lowest BCUT2D eigenvalue weighted by Gasteiger charge is -2.10. The summed E-state index contributed by atoms with van der Waals surface area (Å²) >= 11 is 3.39. The van der Waals surface area contributed by atoms with Crippen LogP contribution in [0.5, 0.6) is 5.75 Å². The van der Waals surface area contributed by atoms with E-state index in [1.54, 1.807) is 16.9 Å². The zero-order valence-electron chi connectivity index (χ0n) is 13.6. The molecule has 0 atom stereocenters. The number of amides is 1. The SMILES string of the molecule is O=C(CCOc1cccc(Br)c1)Nc1ccnn1Cc1ccccc1. The predicted molar refractivity (Wildman–Crippen MR) is 101 cm³/mol. The number of hydrogen-bond acceptors (Lipinski definition) is 3. The van der Waals surface area contributed by atoms with Crippen molar-refractivity contribution in [3.8, 4) is 5.75 Å². The van der Waals surface area contributed by atoms with Gasteiger partial charge in [-0.25, -0.2) is 4.68 Å². The minimum absolute atomic E-state index is 0.107. The molecular weight excluding hydrogens is 382 g/mol. The average molecular weight is 400 g/mol. The highest BCUT2D eigenvalue weighted by Gasteiger charge is 2.08. The summed E-state index contributed by atoms with van der Waals surface area (Å²) < 4.78 is 8.30. The lowest BCUT2D eigenvalue weighted by molar-refractivity contribution is -0.116. The van der Waals surface area contributed by atoms with Crippen molar-refractivity contribution < 1.29 is 9.53 Å². The van der Waals surface area contributed by atoms with Gasteiger partial charge in [0.2, 0.25) is 5.91 Å². The summed E-state index contributed by atoms with van der Waals surface area (Å²) in [7, 11) is 0. The van der Waals surface area contributed by atoms with E-state index in [1.807, 2.05) is 54.6 Å². The molecule has 0 fully saturated rings. The van der Waals surface area contributed by atoms with Crippen molar-refractivity contribution in [2.75, 3.05) is 11.9 Å². The van der Waals surface area contributed by atoms with Gasteiger partial charge in [0.1, 0.15) is 11.6 Å². The molecule has 0 saturated heterocycles. The summed E-state index contributed by atoms with van der Waals surface area (Å²) in [4.78, 5) is 12.1. The lowest BCUT2D eigenvalue weighted by atomic mass is 10.2. The normalized spacial score (nSPS) is 10.4. The number of aromatic nitrogens is 2. The first kappa shape index (κ1) is 17.2. The first-order valence-electron chi connectivity index (χ1n) is 7.95. The van der Waals surface area contributed by atoms with Gasteiger partial charge in [0.25, 0.3) is 0 Å². The fourth-order valence-electron chi connectivity index (χ4n) is 2.34. The second kappa shape index (κ2) is 8.48. The van der Waals surface area contributed by atoms with Crippen molar-refractivity contribution in [2.24, 2.45) is 0 Å². The third-order valence-corrected chi connectivity index (χ3v) is 4.05. The van der Waals surface area contributed by atoms with Crippen LogP contribution in [0.25, 0.3) is 0 Å². The minimum atomic E-state index is -0.107. The van der Waals surface area contributed by atoms with Gasteiger partial charge < -0.3 is 10.1 Å². The van der Waals surface area contributed by atoms with E-state index in [0.717, 1.165) is 15.8 Å². The number of nitrogens with one attached hydrogen (secondary N) is 1. The largest absolute Gasteiger partial charge is 0.493 e. The van der Waals surface area contributed by atoms with Crippen molar-refractivity contribution in [2.45, 2.75) is 13.0 Å². The molecule has 0 aliphatic carbocycles. The van der Waals surface area contributed by atoms with E-state index < -0.39 is 0 Å². The van der Waals surface area contributed by atoms with Gasteiger partial charge >= 0.3 is 0 Å². The average Bonchev–Trinajstić information content (AvgIpc) is 3.02. The third kappa shape index (κ3) is 5.19. The first-order chi connectivity index (χ1) is 12.2. The fraction of sp³-hybridized carbons (Fsp3) is 0.158. The Kier molecular flexibility index (Phi) is 5.85. The molecule has 2 aromatic carbocycles. The van der Waals surface area contributed by atoms with Gasteiger partial charge in [0, 0.05) is 10.5 Å². The Labute approximate surface area is 154 Å². The maximum absolute atomic E-state index is 12.1. The van der Waals surface area contributed by atoms with Crippen LogP contribution in [0.1, 0.15) is 12.0 Å². The number of benzene rings is 2. The van der Waals surface area contributed by atoms with Crippen LogP contribution in [0, 0.1) is 0 Å². The summed E-state index contributed by atoms with van der Waals surface area (Å²) in [5.41, 5.74) is 1.12. The summed E-state index contributed by atoms with van der Waals surface area (Å²) in [6, 6.07) is 19.3. The van der Waals surface area contributed by atoms with Crippen molar-refractivity contribution in [3.05, 3.63) is 76.9 Å². The number of anilines is 1. The Balaban J connectivity index is 1.51. The van der Waals surface area contributed by atoms with E-state index in [9.17, 15) is 4.79 Å². The van der Waals surface area contributed by atoms with E-state index in [-0.39, 0.29) is 12.3 Å². The Morgan fingerprint density at radius 3 is 2.76 bits per heavy atom. The summed E-state index contributed by atoms with van der Waals surface area (Å²) in [6.45, 7) is 0.924. The molecule has 1 N–H and O–H groups in total. The second-order valence-corrected chi connectivity index (χ2v) is 6.38. The molecule has 3 aromatic rings. The fourth-order valence-corrected chi connectivity index (χ4v) is 2.72. The topological polar surface area (TPSA) is 56.1 Å². The van der Waals surface area contributed by atoms with Crippen molar-refractivity contribution in [3.63, 3.8) is 0 Å². The maximum Gasteiger partial charge on any atom is 0.228 e. The zero-order valence-corrected chi connectivity index (χ0v) is 15.1. The molecule has 0 unspecified atom stereocenters. The predicted octanol–water partition coefficient (Wildman–Crippen LogP) is 4.10. The first-order valence-corrected chi connectivity index (χ1v) is 8.74. The molecule has 0 radical (unpaired) electrons. The monoisotopic (exact) mass is 399 g/mol. The molecule has 0 bridgehead atoms. The van der Waals surface area contributed by atoms with Crippen LogP contribution in [0.2, 0.25) is 0 Å². The maximum atomic E-state index is 12.1. The number of carbonyl (C=O) groups excluding carboxylic acids is 1. The zero-order chi connectivity index (χ0) is 17.5. The van der Waals surface area contributed by atoms with E-state index in [4.69, 9.17) is 4.74 Å². The molecule has 0 aliphatic rings. The van der Waals surface area contributed by atoms with Gasteiger partial charge in [-0.05, 0) is 23.8 Å². The highest BCUT2D eigenvalue weighted by atomic mass is 79.9. The van der Waals surface area contributed by atoms with Crippen molar-refractivity contribution in [1.82, 2.24) is 9.78 Å². The molecular formula is C19H18BrN3O2. The van der Waals surface area contributed by atoms with Crippen LogP contribution in [0.3, 0.4) is 0 Å². The highest BCUT2D eigenvalue weighted by molar-refractivity contribution is 9.10. The van der Waals surface area contributed by atoms with Gasteiger partial charge in [-0.1, -0.05) is 52.3 Å². The Morgan fingerprint density at radius 1 is 1.12 bits per heavy atom. The summed E-state index contributed by atoms with van der Waals surface area (Å²) in [5.74, 6) is 1.30. The van der Waals surface area contributed by atoms with E-state index in [1.165, 1.54) is 0 Å². The smallest absolute Gasteiger partial charge is 0.228 e. The molecule has 5 nitrogen and oxygen atoms in total. The third-order valence-electron chi connectivity index (χ3n) is 3.55. The van der Waals surface area contributed by atoms with Crippen LogP contribution >= 0.6 is 15.9 Å². The number of nitrogens with zero attached hydrogens (tertiary/aromatic N) is 2. The van der Waals surface area contributed by atoms with Crippen molar-refractivity contribution in [1.29, 1.82) is 0 Å². The standard InChI is InChI=1S/C19H18BrN3O2/c20-16-7-4-8-17(13-16)25-12-10-19(24)22-18-9-11-21-23(18)14-15-5-2-1-3-6-15/h1-9,11,13H,10,12,14H2,(H,22,24). The number of rotatable bonds is 7. The Morgan fingerprint density at radius 2 is 1.96 bits per heavy atom. The van der Waals surface area contributed by atoms with Crippen molar-refractivity contribution >= 4 is 27.7 Å². The Hall–Kier alpha value is -2.60. The molecule has 0 spiro atoms. The quantitative estimate of drug-likeness (QED) is 0.650. The molecule has 128 valence electrons. The lowest BCUT2D eigenvalue weighted by Crippen LogP contribution is -2.18. The molecule has 6 heteroatoms. The van der Waals surface area contributed by atoms with Crippen LogP contribution < -0.4 is 10.1 Å². The second-order valence-electron chi connectivity index (χ2n) is 5.46. The van der Waals surface area contributed by atoms with Crippen LogP contribution in [0.4, 0.5) is 5.82 Å².